The summed E-state index contributed by atoms with van der Waals surface area (Å²) in [6.07, 6.45) is 7.70. The largest absolute Gasteiger partial charge is 0.500 e. The Morgan fingerprint density at radius 2 is 0.763 bits per heavy atom. The van der Waals surface area contributed by atoms with Crippen LogP contribution in [0.3, 0.4) is 0 Å². The smallest absolute Gasteiger partial charge is 0.450 e. The number of aryl methyl sites for hydroxylation is 4. The summed E-state index contributed by atoms with van der Waals surface area (Å²) in [5.74, 6) is 0. The predicted octanol–water partition coefficient (Wildman–Crippen LogP) is 13.3. The Labute approximate surface area is 452 Å². The fraction of sp³-hybridized carbons (Fsp3) is 0.333. The minimum Gasteiger partial charge on any atom is -0.450 e. The number of nitrogens with zero attached hydrogens (tertiary/aromatic N) is 2. The van der Waals surface area contributed by atoms with Crippen LogP contribution in [0.4, 0.5) is 43.7 Å². The van der Waals surface area contributed by atoms with Gasteiger partial charge in [-0.3, -0.25) is 0 Å². The van der Waals surface area contributed by atoms with Crippen molar-refractivity contribution >= 4 is 76.1 Å². The number of ether oxygens (including phenoxy) is 2. The van der Waals surface area contributed by atoms with Gasteiger partial charge in [0.1, 0.15) is 0 Å². The molecule has 76 heavy (non-hydrogen) atoms. The lowest BCUT2D eigenvalue weighted by Crippen LogP contribution is -2.43. The highest BCUT2D eigenvalue weighted by Gasteiger charge is 2.37. The highest BCUT2D eigenvalue weighted by atomic mass is 28.4. The average Bonchev–Trinajstić information content (AvgIpc) is 3.45. The maximum atomic E-state index is 12.3. The van der Waals surface area contributed by atoms with Gasteiger partial charge in [0.2, 0.25) is 0 Å². The van der Waals surface area contributed by atoms with E-state index in [1.54, 1.807) is 42.7 Å². The van der Waals surface area contributed by atoms with Crippen LogP contribution >= 0.6 is 0 Å². The van der Waals surface area contributed by atoms with E-state index in [1.165, 1.54) is 11.1 Å². The van der Waals surface area contributed by atoms with Crippen LogP contribution in [0.15, 0.2) is 146 Å². The molecule has 0 heterocycles. The number of benzene rings is 6. The van der Waals surface area contributed by atoms with Gasteiger partial charge in [0.05, 0.1) is 13.2 Å². The molecule has 14 nitrogen and oxygen atoms in total. The van der Waals surface area contributed by atoms with E-state index in [9.17, 15) is 9.59 Å². The topological polar surface area (TPSA) is 139 Å². The molecule has 2 amide bonds. The van der Waals surface area contributed by atoms with Crippen molar-refractivity contribution in [3.63, 3.8) is 0 Å². The van der Waals surface area contributed by atoms with Crippen molar-refractivity contribution in [2.75, 3.05) is 78.8 Å². The third-order valence-corrected chi connectivity index (χ3v) is 18.8. The molecule has 6 aromatic carbocycles. The highest BCUT2D eigenvalue weighted by molar-refractivity contribution is 6.60. The predicted molar refractivity (Wildman–Crippen MR) is 308 cm³/mol. The standard InChI is InChI=1S/C60H76N4O10Si2/c1-47-15-9-19-57(45-47)63(53-31-23-49(24-32-53)17-11-41-73-59(65)61-39-13-43-75(67-3,68-4)69-5)55-35-27-51(28-36-55)21-22-52-29-37-56(38-30-52)64(58-20-10-16-48(2)46-58)54-33-25-50(26-34-54)18-12-42-74-60(66)62-40-14-44-76(70-6,71-7)72-8/h9-10,15-16,19-38,45-46H,11-14,17-18,39-44H2,1-8H3,(H,61,65)(H,62,66). The second-order valence-corrected chi connectivity index (χ2v) is 24.5. The number of carbonyl (C=O) groups is 2. The van der Waals surface area contributed by atoms with Crippen LogP contribution in [0, 0.1) is 13.8 Å². The highest BCUT2D eigenvalue weighted by Crippen LogP contribution is 2.37. The second-order valence-electron chi connectivity index (χ2n) is 18.3. The van der Waals surface area contributed by atoms with Crippen LogP contribution in [0.1, 0.15) is 59.1 Å². The molecular formula is C60H76N4O10Si2. The molecule has 0 aromatic heterocycles. The van der Waals surface area contributed by atoms with E-state index in [-0.39, 0.29) is 0 Å². The minimum atomic E-state index is -2.67. The molecule has 0 unspecified atom stereocenters. The molecule has 0 aliphatic rings. The van der Waals surface area contributed by atoms with Crippen LogP contribution in [-0.2, 0) is 48.9 Å². The number of rotatable bonds is 30. The molecule has 0 spiro atoms. The minimum absolute atomic E-state index is 0.320. The zero-order chi connectivity index (χ0) is 54.2. The first-order valence-corrected chi connectivity index (χ1v) is 29.7. The van der Waals surface area contributed by atoms with Gasteiger partial charge in [-0.1, -0.05) is 84.9 Å². The van der Waals surface area contributed by atoms with Crippen molar-refractivity contribution in [3.05, 3.63) is 179 Å². The first-order valence-electron chi connectivity index (χ1n) is 25.9. The Morgan fingerprint density at radius 3 is 1.08 bits per heavy atom. The summed E-state index contributed by atoms with van der Waals surface area (Å²) in [5.41, 5.74) is 13.2. The van der Waals surface area contributed by atoms with Crippen LogP contribution in [-0.4, -0.2) is 98.8 Å². The van der Waals surface area contributed by atoms with Gasteiger partial charge in [0, 0.05) is 102 Å². The molecule has 0 aliphatic carbocycles. The normalized spacial score (nSPS) is 11.6. The summed E-state index contributed by atoms with van der Waals surface area (Å²) in [6, 6.07) is 52.7. The van der Waals surface area contributed by atoms with E-state index in [1.807, 2.05) is 0 Å². The first-order chi connectivity index (χ1) is 36.9. The van der Waals surface area contributed by atoms with E-state index < -0.39 is 29.8 Å². The van der Waals surface area contributed by atoms with Crippen molar-refractivity contribution < 1.29 is 45.6 Å². The summed E-state index contributed by atoms with van der Waals surface area (Å²) in [4.78, 5) is 29.1. The molecular weight excluding hydrogens is 993 g/mol. The van der Waals surface area contributed by atoms with Gasteiger partial charge in [-0.2, -0.15) is 0 Å². The number of hydrogen-bond acceptors (Lipinski definition) is 12. The monoisotopic (exact) mass is 1070 g/mol. The molecule has 2 N–H and O–H groups in total. The summed E-state index contributed by atoms with van der Waals surface area (Å²) in [5, 5.41) is 5.60. The third-order valence-electron chi connectivity index (χ3n) is 13.1. The van der Waals surface area contributed by atoms with E-state index in [0.717, 1.165) is 69.2 Å². The molecule has 6 rings (SSSR count). The zero-order valence-electron chi connectivity index (χ0n) is 45.5. The Kier molecular flexibility index (Phi) is 23.3. The second kappa shape index (κ2) is 30.2. The molecule has 0 fully saturated rings. The fourth-order valence-electron chi connectivity index (χ4n) is 8.80. The van der Waals surface area contributed by atoms with Gasteiger partial charge in [0.15, 0.2) is 0 Å². The quantitative estimate of drug-likeness (QED) is 0.0252. The summed E-state index contributed by atoms with van der Waals surface area (Å²) in [6.45, 7) is 5.75. The Hall–Kier alpha value is -6.61. The van der Waals surface area contributed by atoms with Crippen LogP contribution in [0.2, 0.25) is 12.1 Å². The van der Waals surface area contributed by atoms with E-state index >= 15 is 0 Å². The Bertz CT molecular complexity index is 2520. The number of alkyl carbamates (subject to hydrolysis) is 2. The molecule has 404 valence electrons. The number of hydrogen-bond donors (Lipinski definition) is 2. The number of nitrogens with one attached hydrogen (secondary N) is 2. The molecule has 0 aliphatic heterocycles. The van der Waals surface area contributed by atoms with Crippen LogP contribution < -0.4 is 20.4 Å². The summed E-state index contributed by atoms with van der Waals surface area (Å²) >= 11 is 0. The molecule has 0 saturated carbocycles. The molecule has 0 saturated heterocycles. The summed E-state index contributed by atoms with van der Waals surface area (Å²) in [7, 11) is 4.15. The van der Waals surface area contributed by atoms with E-state index in [2.05, 4.69) is 192 Å². The Morgan fingerprint density at radius 1 is 0.434 bits per heavy atom. The van der Waals surface area contributed by atoms with Crippen molar-refractivity contribution in [3.8, 4) is 0 Å². The third kappa shape index (κ3) is 17.5. The number of carbonyl (C=O) groups excluding carboxylic acids is 2. The molecule has 16 heteroatoms. The zero-order valence-corrected chi connectivity index (χ0v) is 47.5. The summed E-state index contributed by atoms with van der Waals surface area (Å²) < 4.78 is 43.5. The van der Waals surface area contributed by atoms with Gasteiger partial charge in [-0.15, -0.1) is 0 Å². The molecule has 0 bridgehead atoms. The SMILES string of the molecule is CO[Si](CCCNC(=O)OCCCc1ccc(N(c2ccc(C=Cc3ccc(N(c4ccc(CCCOC(=O)NCCC[Si](OC)(OC)OC)cc4)c4cccc(C)c4)cc3)cc2)c2cccc(C)c2)cc1)(OC)OC. The van der Waals surface area contributed by atoms with Gasteiger partial charge in [0.25, 0.3) is 0 Å². The molecule has 6 aromatic rings. The number of anilines is 6. The van der Waals surface area contributed by atoms with E-state index in [4.69, 9.17) is 36.0 Å². The molecule has 0 radical (unpaired) electrons. The maximum Gasteiger partial charge on any atom is 0.500 e. The lowest BCUT2D eigenvalue weighted by molar-refractivity contribution is 0.122. The Balaban J connectivity index is 1.03. The van der Waals surface area contributed by atoms with Crippen LogP contribution in [0.25, 0.3) is 12.2 Å². The van der Waals surface area contributed by atoms with Crippen molar-refractivity contribution in [2.45, 2.75) is 64.5 Å². The van der Waals surface area contributed by atoms with Crippen molar-refractivity contribution in [1.82, 2.24) is 10.6 Å². The van der Waals surface area contributed by atoms with E-state index in [0.29, 0.717) is 64.1 Å². The molecule has 0 atom stereocenters. The van der Waals surface area contributed by atoms with Gasteiger partial charge < -0.3 is 56.5 Å². The lowest BCUT2D eigenvalue weighted by atomic mass is 10.1. The van der Waals surface area contributed by atoms with Gasteiger partial charge in [-0.05, 0) is 159 Å². The fourth-order valence-corrected chi connectivity index (χ4v) is 12.2. The van der Waals surface area contributed by atoms with Crippen molar-refractivity contribution in [1.29, 1.82) is 0 Å². The van der Waals surface area contributed by atoms with Crippen LogP contribution in [0.5, 0.6) is 0 Å². The van der Waals surface area contributed by atoms with Gasteiger partial charge >= 0.3 is 29.8 Å². The maximum absolute atomic E-state index is 12.3. The average molecular weight is 1070 g/mol. The lowest BCUT2D eigenvalue weighted by Gasteiger charge is -2.26. The number of amides is 2. The van der Waals surface area contributed by atoms with Crippen molar-refractivity contribution in [2.24, 2.45) is 0 Å². The van der Waals surface area contributed by atoms with Gasteiger partial charge in [-0.25, -0.2) is 9.59 Å². The first kappa shape index (κ1) is 58.7.